The van der Waals surface area contributed by atoms with Gasteiger partial charge in [-0.15, -0.1) is 0 Å². The monoisotopic (exact) mass is 380 g/mol. The molecule has 0 saturated heterocycles. The zero-order valence-corrected chi connectivity index (χ0v) is 17.4. The van der Waals surface area contributed by atoms with Gasteiger partial charge in [-0.05, 0) is 31.4 Å². The molecule has 4 nitrogen and oxygen atoms in total. The van der Waals surface area contributed by atoms with E-state index in [0.29, 0.717) is 19.4 Å². The van der Waals surface area contributed by atoms with E-state index >= 15 is 0 Å². The van der Waals surface area contributed by atoms with E-state index in [4.69, 9.17) is 0 Å². The molecule has 0 spiro atoms. The van der Waals surface area contributed by atoms with Crippen molar-refractivity contribution in [2.45, 2.75) is 65.6 Å². The van der Waals surface area contributed by atoms with Crippen molar-refractivity contribution in [3.8, 4) is 0 Å². The van der Waals surface area contributed by atoms with Gasteiger partial charge in [-0.2, -0.15) is 0 Å². The highest BCUT2D eigenvalue weighted by Gasteiger charge is 2.30. The molecule has 4 heteroatoms. The van der Waals surface area contributed by atoms with Crippen LogP contribution in [0.15, 0.2) is 54.6 Å². The van der Waals surface area contributed by atoms with Crippen LogP contribution < -0.4 is 5.32 Å². The Bertz CT molecular complexity index is 756. The third kappa shape index (κ3) is 6.22. The summed E-state index contributed by atoms with van der Waals surface area (Å²) in [6.07, 6.45) is 1.72. The van der Waals surface area contributed by atoms with E-state index in [1.807, 2.05) is 82.3 Å². The van der Waals surface area contributed by atoms with Gasteiger partial charge in [-0.3, -0.25) is 9.59 Å². The average Bonchev–Trinajstić information content (AvgIpc) is 2.71. The summed E-state index contributed by atoms with van der Waals surface area (Å²) in [6.45, 7) is 8.34. The van der Waals surface area contributed by atoms with E-state index in [-0.39, 0.29) is 17.9 Å². The summed E-state index contributed by atoms with van der Waals surface area (Å²) < 4.78 is 0. The maximum atomic E-state index is 13.1. The molecule has 150 valence electrons. The molecule has 2 aromatic carbocycles. The molecule has 0 fully saturated rings. The summed E-state index contributed by atoms with van der Waals surface area (Å²) in [5.74, 6) is -0.104. The Morgan fingerprint density at radius 2 is 1.61 bits per heavy atom. The van der Waals surface area contributed by atoms with Gasteiger partial charge in [-0.1, -0.05) is 74.0 Å². The molecule has 0 saturated carbocycles. The summed E-state index contributed by atoms with van der Waals surface area (Å²) in [5.41, 5.74) is 3.25. The van der Waals surface area contributed by atoms with Crippen molar-refractivity contribution in [2.75, 3.05) is 0 Å². The van der Waals surface area contributed by atoms with Crippen LogP contribution in [0.2, 0.25) is 0 Å². The smallest absolute Gasteiger partial charge is 0.243 e. The standard InChI is InChI=1S/C24H32N2O2/c1-5-19(4)25-24(28)22(16-20-10-8-7-9-11-20)26(23(27)6-2)17-21-14-12-18(3)13-15-21/h7-15,19,22H,5-6,16-17H2,1-4H3,(H,25,28). The molecule has 2 unspecified atom stereocenters. The molecule has 0 aromatic heterocycles. The zero-order valence-electron chi connectivity index (χ0n) is 17.4. The maximum Gasteiger partial charge on any atom is 0.243 e. The fraction of sp³-hybridized carbons (Fsp3) is 0.417. The largest absolute Gasteiger partial charge is 0.352 e. The molecule has 1 N–H and O–H groups in total. The van der Waals surface area contributed by atoms with Crippen LogP contribution in [0.5, 0.6) is 0 Å². The Labute approximate surface area is 169 Å². The highest BCUT2D eigenvalue weighted by molar-refractivity contribution is 5.88. The highest BCUT2D eigenvalue weighted by Crippen LogP contribution is 2.16. The zero-order chi connectivity index (χ0) is 20.5. The van der Waals surface area contributed by atoms with Crippen LogP contribution in [0, 0.1) is 6.92 Å². The van der Waals surface area contributed by atoms with Gasteiger partial charge in [0.2, 0.25) is 11.8 Å². The minimum atomic E-state index is -0.537. The van der Waals surface area contributed by atoms with Crippen molar-refractivity contribution >= 4 is 11.8 Å². The quantitative estimate of drug-likeness (QED) is 0.707. The molecule has 0 aliphatic carbocycles. The van der Waals surface area contributed by atoms with Crippen LogP contribution in [0.3, 0.4) is 0 Å². The van der Waals surface area contributed by atoms with Gasteiger partial charge in [0.25, 0.3) is 0 Å². The van der Waals surface area contributed by atoms with Crippen molar-refractivity contribution in [1.29, 1.82) is 0 Å². The Balaban J connectivity index is 2.33. The first-order valence-electron chi connectivity index (χ1n) is 10.1. The lowest BCUT2D eigenvalue weighted by Gasteiger charge is -2.32. The molecule has 0 aliphatic rings. The van der Waals surface area contributed by atoms with Crippen molar-refractivity contribution in [1.82, 2.24) is 10.2 Å². The number of carbonyl (C=O) groups excluding carboxylic acids is 2. The number of benzene rings is 2. The van der Waals surface area contributed by atoms with Gasteiger partial charge < -0.3 is 10.2 Å². The van der Waals surface area contributed by atoms with E-state index in [2.05, 4.69) is 5.32 Å². The predicted molar refractivity (Wildman–Crippen MR) is 114 cm³/mol. The second-order valence-corrected chi connectivity index (χ2v) is 7.38. The summed E-state index contributed by atoms with van der Waals surface area (Å²) in [7, 11) is 0. The summed E-state index contributed by atoms with van der Waals surface area (Å²) in [4.78, 5) is 27.7. The molecule has 2 atom stereocenters. The van der Waals surface area contributed by atoms with E-state index in [1.54, 1.807) is 4.90 Å². The van der Waals surface area contributed by atoms with Crippen LogP contribution in [-0.4, -0.2) is 28.8 Å². The van der Waals surface area contributed by atoms with Crippen LogP contribution in [0.25, 0.3) is 0 Å². The van der Waals surface area contributed by atoms with E-state index in [0.717, 1.165) is 17.5 Å². The van der Waals surface area contributed by atoms with Crippen molar-refractivity contribution < 1.29 is 9.59 Å². The maximum absolute atomic E-state index is 13.1. The van der Waals surface area contributed by atoms with Gasteiger partial charge in [-0.25, -0.2) is 0 Å². The molecular formula is C24H32N2O2. The normalized spacial score (nSPS) is 12.9. The lowest BCUT2D eigenvalue weighted by atomic mass is 10.0. The van der Waals surface area contributed by atoms with Gasteiger partial charge in [0, 0.05) is 25.4 Å². The number of carbonyl (C=O) groups is 2. The minimum Gasteiger partial charge on any atom is -0.352 e. The van der Waals surface area contributed by atoms with Crippen molar-refractivity contribution in [3.05, 3.63) is 71.3 Å². The number of nitrogens with zero attached hydrogens (tertiary/aromatic N) is 1. The van der Waals surface area contributed by atoms with Crippen LogP contribution in [0.1, 0.15) is 50.3 Å². The average molecular weight is 381 g/mol. The first-order chi connectivity index (χ1) is 13.4. The van der Waals surface area contributed by atoms with Crippen molar-refractivity contribution in [3.63, 3.8) is 0 Å². The van der Waals surface area contributed by atoms with Gasteiger partial charge in [0.1, 0.15) is 6.04 Å². The van der Waals surface area contributed by atoms with E-state index in [9.17, 15) is 9.59 Å². The summed E-state index contributed by atoms with van der Waals surface area (Å²) >= 11 is 0. The number of nitrogens with one attached hydrogen (secondary N) is 1. The molecule has 0 heterocycles. The Morgan fingerprint density at radius 1 is 0.964 bits per heavy atom. The van der Waals surface area contributed by atoms with Gasteiger partial charge >= 0.3 is 0 Å². The number of amides is 2. The van der Waals surface area contributed by atoms with E-state index in [1.165, 1.54) is 5.56 Å². The molecule has 0 aliphatic heterocycles. The fourth-order valence-corrected chi connectivity index (χ4v) is 3.09. The molecular weight excluding hydrogens is 348 g/mol. The van der Waals surface area contributed by atoms with Gasteiger partial charge in [0.05, 0.1) is 0 Å². The van der Waals surface area contributed by atoms with Gasteiger partial charge in [0.15, 0.2) is 0 Å². The molecule has 28 heavy (non-hydrogen) atoms. The molecule has 2 aromatic rings. The first-order valence-corrected chi connectivity index (χ1v) is 10.1. The second-order valence-electron chi connectivity index (χ2n) is 7.38. The predicted octanol–water partition coefficient (Wildman–Crippen LogP) is 4.26. The second kappa shape index (κ2) is 10.6. The fourth-order valence-electron chi connectivity index (χ4n) is 3.09. The number of rotatable bonds is 9. The molecule has 2 amide bonds. The first kappa shape index (κ1) is 21.7. The summed E-state index contributed by atoms with van der Waals surface area (Å²) in [5, 5.41) is 3.07. The molecule has 0 bridgehead atoms. The van der Waals surface area contributed by atoms with Crippen molar-refractivity contribution in [2.24, 2.45) is 0 Å². The number of aryl methyl sites for hydroxylation is 1. The minimum absolute atomic E-state index is 0.0131. The highest BCUT2D eigenvalue weighted by atomic mass is 16.2. The Morgan fingerprint density at radius 3 is 2.18 bits per heavy atom. The lowest BCUT2D eigenvalue weighted by Crippen LogP contribution is -2.52. The molecule has 0 radical (unpaired) electrons. The van der Waals surface area contributed by atoms with Crippen LogP contribution in [0.4, 0.5) is 0 Å². The van der Waals surface area contributed by atoms with Crippen LogP contribution >= 0.6 is 0 Å². The summed E-state index contributed by atoms with van der Waals surface area (Å²) in [6, 6.07) is 17.6. The third-order valence-corrected chi connectivity index (χ3v) is 5.05. The SMILES string of the molecule is CCC(=O)N(Cc1ccc(C)cc1)C(Cc1ccccc1)C(=O)NC(C)CC. The lowest BCUT2D eigenvalue weighted by molar-refractivity contribution is -0.141. The van der Waals surface area contributed by atoms with E-state index < -0.39 is 6.04 Å². The topological polar surface area (TPSA) is 49.4 Å². The number of hydrogen-bond acceptors (Lipinski definition) is 2. The third-order valence-electron chi connectivity index (χ3n) is 5.05. The Hall–Kier alpha value is -2.62. The number of hydrogen-bond donors (Lipinski definition) is 1. The van der Waals surface area contributed by atoms with Crippen LogP contribution in [-0.2, 0) is 22.6 Å². The Kier molecular flexibility index (Phi) is 8.24. The molecule has 2 rings (SSSR count).